The van der Waals surface area contributed by atoms with Crippen molar-refractivity contribution in [1.29, 1.82) is 0 Å². The maximum Gasteiger partial charge on any atom is 0.325 e. The van der Waals surface area contributed by atoms with E-state index in [1.54, 1.807) is 36.4 Å². The molecule has 0 radical (unpaired) electrons. The molecule has 0 aliphatic carbocycles. The van der Waals surface area contributed by atoms with Crippen molar-refractivity contribution in [3.05, 3.63) is 59.7 Å². The minimum Gasteiger partial charge on any atom is -0.468 e. The van der Waals surface area contributed by atoms with E-state index >= 15 is 0 Å². The van der Waals surface area contributed by atoms with Crippen molar-refractivity contribution in [1.82, 2.24) is 4.31 Å². The fourth-order valence-electron chi connectivity index (χ4n) is 2.55. The summed E-state index contributed by atoms with van der Waals surface area (Å²) in [6.45, 7) is 3.81. The Kier molecular flexibility index (Phi) is 5.11. The first kappa shape index (κ1) is 19.5. The van der Waals surface area contributed by atoms with Crippen molar-refractivity contribution in [3.8, 4) is 0 Å². The summed E-state index contributed by atoms with van der Waals surface area (Å²) in [5.41, 5.74) is 1.82. The van der Waals surface area contributed by atoms with E-state index in [2.05, 4.69) is 8.50 Å². The average molecular weight is 409 g/mol. The van der Waals surface area contributed by atoms with Crippen molar-refractivity contribution in [2.45, 2.75) is 29.7 Å². The first-order valence-corrected chi connectivity index (χ1v) is 11.1. The van der Waals surface area contributed by atoms with E-state index in [4.69, 9.17) is 0 Å². The molecule has 2 aromatic carbocycles. The third-order valence-electron chi connectivity index (χ3n) is 4.20. The molecule has 0 saturated carbocycles. The molecule has 1 fully saturated rings. The second-order valence-corrected chi connectivity index (χ2v) is 10.3. The minimum atomic E-state index is -4.20. The molecule has 0 N–H and O–H groups in total. The topological polar surface area (TPSA) is 92.9 Å². The number of aryl methyl sites for hydroxylation is 2. The van der Waals surface area contributed by atoms with Crippen LogP contribution in [0.4, 0.5) is 0 Å². The van der Waals surface area contributed by atoms with Gasteiger partial charge in [0.15, 0.2) is 9.92 Å². The molecule has 0 amide bonds. The largest absolute Gasteiger partial charge is 0.468 e. The third kappa shape index (κ3) is 3.90. The smallest absolute Gasteiger partial charge is 0.325 e. The van der Waals surface area contributed by atoms with E-state index in [1.165, 1.54) is 23.5 Å². The highest BCUT2D eigenvalue weighted by atomic mass is 32.3. The van der Waals surface area contributed by atoms with Crippen LogP contribution in [0.25, 0.3) is 0 Å². The zero-order valence-electron chi connectivity index (χ0n) is 15.2. The molecule has 144 valence electrons. The first-order chi connectivity index (χ1) is 12.7. The van der Waals surface area contributed by atoms with Gasteiger partial charge < -0.3 is 4.74 Å². The van der Waals surface area contributed by atoms with Gasteiger partial charge in [0.1, 0.15) is 6.04 Å². The van der Waals surface area contributed by atoms with Gasteiger partial charge in [0.05, 0.1) is 16.9 Å². The maximum atomic E-state index is 13.7. The lowest BCUT2D eigenvalue weighted by Crippen LogP contribution is -2.21. The van der Waals surface area contributed by atoms with Gasteiger partial charge in [0.2, 0.25) is 0 Å². The predicted octanol–water partition coefficient (Wildman–Crippen LogP) is 2.29. The van der Waals surface area contributed by atoms with Crippen LogP contribution in [0.3, 0.4) is 0 Å². The highest BCUT2D eigenvalue weighted by Gasteiger charge is 2.49. The number of hydrogen-bond acceptors (Lipinski definition) is 5. The van der Waals surface area contributed by atoms with Crippen molar-refractivity contribution >= 4 is 25.9 Å². The van der Waals surface area contributed by atoms with Crippen molar-refractivity contribution in [3.63, 3.8) is 0 Å². The van der Waals surface area contributed by atoms with E-state index in [0.717, 1.165) is 11.1 Å². The molecule has 3 rings (SSSR count). The number of methoxy groups -OCH3 is 1. The van der Waals surface area contributed by atoms with Gasteiger partial charge in [-0.25, -0.2) is 4.21 Å². The van der Waals surface area contributed by atoms with E-state index in [0.29, 0.717) is 0 Å². The second-order valence-electron chi connectivity index (χ2n) is 6.31. The van der Waals surface area contributed by atoms with Gasteiger partial charge in [-0.05, 0) is 38.1 Å². The highest BCUT2D eigenvalue weighted by molar-refractivity contribution is 8.02. The van der Waals surface area contributed by atoms with Gasteiger partial charge >= 0.3 is 5.97 Å². The van der Waals surface area contributed by atoms with Crippen molar-refractivity contribution < 1.29 is 22.2 Å². The van der Waals surface area contributed by atoms with Crippen LogP contribution in [0.5, 0.6) is 0 Å². The van der Waals surface area contributed by atoms with Gasteiger partial charge in [-0.3, -0.25) is 4.79 Å². The number of sulfonamides is 1. The molecule has 2 aromatic rings. The van der Waals surface area contributed by atoms with E-state index < -0.39 is 31.9 Å². The van der Waals surface area contributed by atoms with Crippen LogP contribution < -0.4 is 0 Å². The molecule has 1 aliphatic heterocycles. The monoisotopic (exact) mass is 408 g/mol. The molecule has 3 atom stereocenters. The molecule has 9 heteroatoms. The lowest BCUT2D eigenvalue weighted by molar-refractivity contribution is -0.140. The number of rotatable bonds is 5. The fourth-order valence-corrected chi connectivity index (χ4v) is 6.66. The quantitative estimate of drug-likeness (QED) is 0.559. The molecule has 7 nitrogen and oxygen atoms in total. The number of carbonyl (C=O) groups is 1. The van der Waals surface area contributed by atoms with Crippen LogP contribution >= 0.6 is 0 Å². The van der Waals surface area contributed by atoms with Gasteiger partial charge in [-0.2, -0.15) is 12.7 Å². The van der Waals surface area contributed by atoms with Gasteiger partial charge in [0.25, 0.3) is 10.0 Å². The molecule has 1 heterocycles. The summed E-state index contributed by atoms with van der Waals surface area (Å²) in [7, 11) is -6.51. The van der Waals surface area contributed by atoms with E-state index in [1.807, 2.05) is 13.8 Å². The summed E-state index contributed by atoms with van der Waals surface area (Å²) in [4.78, 5) is 12.0. The molecule has 27 heavy (non-hydrogen) atoms. The lowest BCUT2D eigenvalue weighted by Gasteiger charge is -2.12. The molecule has 0 bridgehead atoms. The molecule has 3 unspecified atom stereocenters. The SMILES string of the molecule is COC(=O)C1CN1S(=O)(=NS(=O)(=O)c1ccc(C)cc1)c1ccc(C)cc1. The van der Waals surface area contributed by atoms with Crippen LogP contribution in [-0.2, 0) is 29.5 Å². The highest BCUT2D eigenvalue weighted by Crippen LogP contribution is 2.33. The van der Waals surface area contributed by atoms with Crippen molar-refractivity contribution in [2.75, 3.05) is 13.7 Å². The molecular formula is C18H20N2O5S2. The Morgan fingerprint density at radius 3 is 1.93 bits per heavy atom. The number of benzene rings is 2. The standard InChI is InChI=1S/C18H20N2O5S2/c1-13-4-8-15(9-5-13)26(22,20-12-17(20)18(21)25-3)19-27(23,24)16-10-6-14(2)7-11-16/h4-11,17H,12H2,1-3H3. The molecule has 1 aliphatic rings. The summed E-state index contributed by atoms with van der Waals surface area (Å²) in [6, 6.07) is 11.9. The third-order valence-corrected chi connectivity index (χ3v) is 8.59. The predicted molar refractivity (Wildman–Crippen MR) is 101 cm³/mol. The Balaban J connectivity index is 2.14. The normalized spacial score (nSPS) is 21.1. The van der Waals surface area contributed by atoms with Crippen molar-refractivity contribution in [2.24, 2.45) is 3.77 Å². The maximum absolute atomic E-state index is 13.7. The van der Waals surface area contributed by atoms with Gasteiger partial charge in [-0.1, -0.05) is 39.2 Å². The lowest BCUT2D eigenvalue weighted by atomic mass is 10.2. The Morgan fingerprint density at radius 2 is 1.44 bits per heavy atom. The van der Waals surface area contributed by atoms with Gasteiger partial charge in [-0.15, -0.1) is 0 Å². The average Bonchev–Trinajstić information content (AvgIpc) is 3.43. The van der Waals surface area contributed by atoms with E-state index in [-0.39, 0.29) is 16.3 Å². The second kappa shape index (κ2) is 7.06. The van der Waals surface area contributed by atoms with Gasteiger partial charge in [0, 0.05) is 6.54 Å². The Morgan fingerprint density at radius 1 is 0.963 bits per heavy atom. The summed E-state index contributed by atoms with van der Waals surface area (Å²) < 4.78 is 49.0. The number of hydrogen-bond donors (Lipinski definition) is 0. The minimum absolute atomic E-state index is 0.0515. The Labute approximate surface area is 159 Å². The Bertz CT molecular complexity index is 1080. The van der Waals surface area contributed by atoms with Crippen LogP contribution in [-0.4, -0.2) is 42.6 Å². The Hall–Kier alpha value is -2.23. The molecule has 0 spiro atoms. The summed E-state index contributed by atoms with van der Waals surface area (Å²) in [5.74, 6) is -0.572. The van der Waals surface area contributed by atoms with Crippen LogP contribution in [0, 0.1) is 13.8 Å². The fraction of sp³-hybridized carbons (Fsp3) is 0.278. The molecule has 0 aromatic heterocycles. The van der Waals surface area contributed by atoms with Crippen LogP contribution in [0.15, 0.2) is 62.1 Å². The summed E-state index contributed by atoms with van der Waals surface area (Å²) in [6.07, 6.45) is 0. The summed E-state index contributed by atoms with van der Waals surface area (Å²) >= 11 is 0. The zero-order valence-corrected chi connectivity index (χ0v) is 16.8. The zero-order chi connectivity index (χ0) is 19.8. The molecular weight excluding hydrogens is 388 g/mol. The summed E-state index contributed by atoms with van der Waals surface area (Å²) in [5, 5.41) is 0. The first-order valence-electron chi connectivity index (χ1n) is 8.19. The number of ether oxygens (including phenoxy) is 1. The van der Waals surface area contributed by atoms with Crippen LogP contribution in [0.1, 0.15) is 11.1 Å². The van der Waals surface area contributed by atoms with E-state index in [9.17, 15) is 17.4 Å². The van der Waals surface area contributed by atoms with Crippen LogP contribution in [0.2, 0.25) is 0 Å². The molecule has 1 saturated heterocycles. The number of carbonyl (C=O) groups excluding carboxylic acids is 1. The number of esters is 1. The number of nitrogens with zero attached hydrogens (tertiary/aromatic N) is 2.